The Bertz CT molecular complexity index is 471. The number of hydrogen-bond acceptors (Lipinski definition) is 2. The molecule has 0 aliphatic heterocycles. The van der Waals surface area contributed by atoms with Crippen LogP contribution in [0.2, 0.25) is 0 Å². The van der Waals surface area contributed by atoms with Crippen molar-refractivity contribution in [1.29, 1.82) is 0 Å². The van der Waals surface area contributed by atoms with Crippen LogP contribution in [0.4, 0.5) is 4.39 Å². The first kappa shape index (κ1) is 14.0. The van der Waals surface area contributed by atoms with Crippen molar-refractivity contribution in [3.63, 3.8) is 0 Å². The summed E-state index contributed by atoms with van der Waals surface area (Å²) in [7, 11) is 0. The van der Waals surface area contributed by atoms with Crippen LogP contribution in [0.15, 0.2) is 24.3 Å². The maximum Gasteiger partial charge on any atom is 0.237 e. The second kappa shape index (κ2) is 5.29. The van der Waals surface area contributed by atoms with Gasteiger partial charge in [-0.1, -0.05) is 38.5 Å². The average molecular weight is 264 g/mol. The maximum atomic E-state index is 13.8. The highest BCUT2D eigenvalue weighted by atomic mass is 19.1. The Hall–Kier alpha value is -1.42. The summed E-state index contributed by atoms with van der Waals surface area (Å²) < 4.78 is 13.8. The van der Waals surface area contributed by atoms with E-state index in [0.717, 1.165) is 19.3 Å². The summed E-state index contributed by atoms with van der Waals surface area (Å²) in [6, 6.07) is 6.07. The van der Waals surface area contributed by atoms with E-state index in [-0.39, 0.29) is 17.6 Å². The number of nitrogens with two attached hydrogens (primary N) is 1. The lowest BCUT2D eigenvalue weighted by Crippen LogP contribution is -2.48. The topological polar surface area (TPSA) is 55.1 Å². The van der Waals surface area contributed by atoms with Gasteiger partial charge in [-0.2, -0.15) is 0 Å². The van der Waals surface area contributed by atoms with Gasteiger partial charge in [0.2, 0.25) is 5.91 Å². The Morgan fingerprint density at radius 3 is 2.63 bits per heavy atom. The number of hydrogen-bond donors (Lipinski definition) is 2. The van der Waals surface area contributed by atoms with Crippen molar-refractivity contribution in [3.05, 3.63) is 35.6 Å². The number of nitrogens with one attached hydrogen (secondary N) is 1. The Morgan fingerprint density at radius 1 is 1.47 bits per heavy atom. The number of carbonyl (C=O) groups excluding carboxylic acids is 1. The molecule has 1 saturated carbocycles. The lowest BCUT2D eigenvalue weighted by molar-refractivity contribution is -0.124. The minimum atomic E-state index is -0.534. The zero-order valence-electron chi connectivity index (χ0n) is 11.4. The molecule has 2 rings (SSSR count). The fourth-order valence-corrected chi connectivity index (χ4v) is 2.27. The highest BCUT2D eigenvalue weighted by molar-refractivity contribution is 5.83. The minimum absolute atomic E-state index is 0.122. The summed E-state index contributed by atoms with van der Waals surface area (Å²) in [5, 5.41) is 2.94. The molecule has 1 aromatic carbocycles. The molecule has 0 heterocycles. The summed E-state index contributed by atoms with van der Waals surface area (Å²) in [5.74, 6) is -0.330. The smallest absolute Gasteiger partial charge is 0.237 e. The highest BCUT2D eigenvalue weighted by Crippen LogP contribution is 2.46. The van der Waals surface area contributed by atoms with Crippen molar-refractivity contribution in [1.82, 2.24) is 5.32 Å². The van der Waals surface area contributed by atoms with Crippen LogP contribution in [0.3, 0.4) is 0 Å². The van der Waals surface area contributed by atoms with E-state index in [1.807, 2.05) is 13.8 Å². The molecule has 1 fully saturated rings. The minimum Gasteiger partial charge on any atom is -0.345 e. The number of carbonyl (C=O) groups is 1. The van der Waals surface area contributed by atoms with Gasteiger partial charge in [-0.3, -0.25) is 4.79 Å². The molecule has 2 atom stereocenters. The Labute approximate surface area is 113 Å². The van der Waals surface area contributed by atoms with Crippen LogP contribution in [0.5, 0.6) is 0 Å². The Morgan fingerprint density at radius 2 is 2.11 bits per heavy atom. The first-order valence-electron chi connectivity index (χ1n) is 6.83. The normalized spacial score (nSPS) is 19.6. The predicted octanol–water partition coefficient (Wildman–Crippen LogP) is 2.30. The second-order valence-corrected chi connectivity index (χ2v) is 5.46. The molecule has 0 aromatic heterocycles. The van der Waals surface area contributed by atoms with E-state index in [9.17, 15) is 9.18 Å². The van der Waals surface area contributed by atoms with Crippen molar-refractivity contribution >= 4 is 5.91 Å². The third kappa shape index (κ3) is 2.78. The van der Waals surface area contributed by atoms with Crippen molar-refractivity contribution in [2.45, 2.75) is 44.7 Å². The lowest BCUT2D eigenvalue weighted by Gasteiger charge is -2.23. The third-order valence-corrected chi connectivity index (χ3v) is 4.06. The fraction of sp³-hybridized carbons (Fsp3) is 0.533. The zero-order valence-corrected chi connectivity index (χ0v) is 11.4. The molecule has 104 valence electrons. The van der Waals surface area contributed by atoms with Crippen LogP contribution < -0.4 is 11.1 Å². The van der Waals surface area contributed by atoms with E-state index in [1.54, 1.807) is 18.2 Å². The number of rotatable bonds is 5. The van der Waals surface area contributed by atoms with Gasteiger partial charge < -0.3 is 11.1 Å². The van der Waals surface area contributed by atoms with Crippen molar-refractivity contribution in [2.75, 3.05) is 0 Å². The summed E-state index contributed by atoms with van der Waals surface area (Å²) in [6.45, 7) is 3.95. The van der Waals surface area contributed by atoms with Gasteiger partial charge in [0.05, 0.1) is 11.6 Å². The van der Waals surface area contributed by atoms with E-state index in [2.05, 4.69) is 5.32 Å². The molecule has 0 radical (unpaired) electrons. The van der Waals surface area contributed by atoms with Gasteiger partial charge in [0.15, 0.2) is 0 Å². The molecule has 19 heavy (non-hydrogen) atoms. The maximum absolute atomic E-state index is 13.8. The van der Waals surface area contributed by atoms with E-state index in [1.165, 1.54) is 6.07 Å². The molecular weight excluding hydrogens is 243 g/mol. The van der Waals surface area contributed by atoms with E-state index in [4.69, 9.17) is 5.73 Å². The summed E-state index contributed by atoms with van der Waals surface area (Å²) in [4.78, 5) is 12.1. The van der Waals surface area contributed by atoms with Crippen LogP contribution in [0.25, 0.3) is 0 Å². The van der Waals surface area contributed by atoms with Crippen LogP contribution in [0, 0.1) is 11.7 Å². The number of halogens is 1. The monoisotopic (exact) mass is 264 g/mol. The molecule has 1 amide bonds. The molecular formula is C15H21FN2O. The fourth-order valence-electron chi connectivity index (χ4n) is 2.27. The molecule has 0 saturated heterocycles. The van der Waals surface area contributed by atoms with Crippen molar-refractivity contribution in [2.24, 2.45) is 11.7 Å². The molecule has 1 aliphatic rings. The standard InChI is InChI=1S/C15H21FN2O/c1-3-10(2)13(17)14(19)18-15(8-9-15)11-6-4-5-7-12(11)16/h4-7,10,13H,3,8-9,17H2,1-2H3,(H,18,19)/t10?,13-/m0/s1. The first-order chi connectivity index (χ1) is 9.00. The molecule has 1 aromatic rings. The summed E-state index contributed by atoms with van der Waals surface area (Å²) in [6.07, 6.45) is 2.39. The van der Waals surface area contributed by atoms with Gasteiger partial charge in [0, 0.05) is 5.56 Å². The van der Waals surface area contributed by atoms with Gasteiger partial charge in [0.1, 0.15) is 5.82 Å². The highest BCUT2D eigenvalue weighted by Gasteiger charge is 2.47. The largest absolute Gasteiger partial charge is 0.345 e. The number of benzene rings is 1. The van der Waals surface area contributed by atoms with Gasteiger partial charge >= 0.3 is 0 Å². The van der Waals surface area contributed by atoms with E-state index < -0.39 is 11.6 Å². The predicted molar refractivity (Wildman–Crippen MR) is 72.9 cm³/mol. The molecule has 1 aliphatic carbocycles. The summed E-state index contributed by atoms with van der Waals surface area (Å²) in [5.41, 5.74) is 5.95. The zero-order chi connectivity index (χ0) is 14.0. The van der Waals surface area contributed by atoms with Crippen molar-refractivity contribution in [3.8, 4) is 0 Å². The quantitative estimate of drug-likeness (QED) is 0.857. The number of amides is 1. The SMILES string of the molecule is CCC(C)[C@H](N)C(=O)NC1(c2ccccc2F)CC1. The Balaban J connectivity index is 2.11. The van der Waals surface area contributed by atoms with Gasteiger partial charge in [-0.15, -0.1) is 0 Å². The molecule has 3 nitrogen and oxygen atoms in total. The van der Waals surface area contributed by atoms with Crippen LogP contribution in [-0.4, -0.2) is 11.9 Å². The van der Waals surface area contributed by atoms with Crippen LogP contribution >= 0.6 is 0 Å². The molecule has 0 spiro atoms. The first-order valence-corrected chi connectivity index (χ1v) is 6.83. The van der Waals surface area contributed by atoms with Gasteiger partial charge in [-0.25, -0.2) is 4.39 Å². The average Bonchev–Trinajstić information content (AvgIpc) is 3.18. The van der Waals surface area contributed by atoms with E-state index in [0.29, 0.717) is 5.56 Å². The van der Waals surface area contributed by atoms with Gasteiger partial charge in [-0.05, 0) is 24.8 Å². The van der Waals surface area contributed by atoms with Gasteiger partial charge in [0.25, 0.3) is 0 Å². The molecule has 0 bridgehead atoms. The summed E-state index contributed by atoms with van der Waals surface area (Å²) >= 11 is 0. The molecule has 3 N–H and O–H groups in total. The third-order valence-electron chi connectivity index (χ3n) is 4.06. The van der Waals surface area contributed by atoms with E-state index >= 15 is 0 Å². The lowest BCUT2D eigenvalue weighted by atomic mass is 9.97. The van der Waals surface area contributed by atoms with Crippen LogP contribution in [-0.2, 0) is 10.3 Å². The van der Waals surface area contributed by atoms with Crippen molar-refractivity contribution < 1.29 is 9.18 Å². The Kier molecular flexibility index (Phi) is 3.90. The molecule has 4 heteroatoms. The van der Waals surface area contributed by atoms with Crippen LogP contribution in [0.1, 0.15) is 38.7 Å². The molecule has 1 unspecified atom stereocenters. The second-order valence-electron chi connectivity index (χ2n) is 5.46.